The highest BCUT2D eigenvalue weighted by Crippen LogP contribution is 2.41. The van der Waals surface area contributed by atoms with E-state index < -0.39 is 5.41 Å². The van der Waals surface area contributed by atoms with Crippen LogP contribution in [0.2, 0.25) is 0 Å². The topological polar surface area (TPSA) is 35.5 Å². The molecule has 0 N–H and O–H groups in total. The summed E-state index contributed by atoms with van der Waals surface area (Å²) < 4.78 is 12.7. The maximum atomic E-state index is 13.1. The van der Waals surface area contributed by atoms with Gasteiger partial charge in [-0.25, -0.2) is 0 Å². The Morgan fingerprint density at radius 3 is 2.58 bits per heavy atom. The molecule has 4 heteroatoms. The predicted octanol–water partition coefficient (Wildman–Crippen LogP) is 5.45. The van der Waals surface area contributed by atoms with Gasteiger partial charge in [-0.15, -0.1) is 0 Å². The first-order valence-electron chi connectivity index (χ1n) is 8.79. The van der Waals surface area contributed by atoms with Crippen molar-refractivity contribution in [2.45, 2.75) is 33.3 Å². The third-order valence-electron chi connectivity index (χ3n) is 4.92. The van der Waals surface area contributed by atoms with E-state index in [2.05, 4.69) is 28.7 Å². The lowest BCUT2D eigenvalue weighted by molar-refractivity contribution is -0.147. The molecule has 1 atom stereocenters. The van der Waals surface area contributed by atoms with Crippen molar-refractivity contribution >= 4 is 28.6 Å². The standard InChI is InChI=1S/C22H23IO3/c1-16-10-11-20(19(23)13-16)26-21(24)22(12-6-7-17(22)2)15-25-14-18-8-4-3-5-9-18/h3-5,7-11,13H,6,12,14-15H2,1-2H3/t22-/m0/s1. The summed E-state index contributed by atoms with van der Waals surface area (Å²) in [5, 5.41) is 0. The third kappa shape index (κ3) is 4.18. The van der Waals surface area contributed by atoms with Crippen molar-refractivity contribution in [1.82, 2.24) is 0 Å². The molecule has 0 saturated carbocycles. The molecule has 0 aliphatic heterocycles. The zero-order valence-corrected chi connectivity index (χ0v) is 17.3. The monoisotopic (exact) mass is 462 g/mol. The van der Waals surface area contributed by atoms with Crippen molar-refractivity contribution in [2.24, 2.45) is 5.41 Å². The first kappa shape index (κ1) is 19.1. The zero-order valence-electron chi connectivity index (χ0n) is 15.1. The van der Waals surface area contributed by atoms with Crippen molar-refractivity contribution in [3.8, 4) is 5.75 Å². The van der Waals surface area contributed by atoms with Crippen LogP contribution in [0.4, 0.5) is 0 Å². The molecule has 0 radical (unpaired) electrons. The summed E-state index contributed by atoms with van der Waals surface area (Å²) in [6.45, 7) is 4.85. The molecule has 0 amide bonds. The number of allylic oxidation sites excluding steroid dienone is 1. The number of hydrogen-bond donors (Lipinski definition) is 0. The van der Waals surface area contributed by atoms with Crippen LogP contribution >= 0.6 is 22.6 Å². The molecule has 0 spiro atoms. The Morgan fingerprint density at radius 1 is 1.15 bits per heavy atom. The van der Waals surface area contributed by atoms with E-state index in [-0.39, 0.29) is 5.97 Å². The number of carbonyl (C=O) groups is 1. The van der Waals surface area contributed by atoms with Gasteiger partial charge in [0.05, 0.1) is 16.8 Å². The van der Waals surface area contributed by atoms with Crippen LogP contribution in [0.15, 0.2) is 60.2 Å². The predicted molar refractivity (Wildman–Crippen MR) is 111 cm³/mol. The maximum Gasteiger partial charge on any atom is 0.324 e. The van der Waals surface area contributed by atoms with Crippen molar-refractivity contribution in [3.05, 3.63) is 74.9 Å². The average Bonchev–Trinajstić information content (AvgIpc) is 3.00. The van der Waals surface area contributed by atoms with Crippen LogP contribution < -0.4 is 4.74 Å². The number of carbonyl (C=O) groups excluding carboxylic acids is 1. The van der Waals surface area contributed by atoms with Crippen molar-refractivity contribution in [1.29, 1.82) is 0 Å². The number of ether oxygens (including phenoxy) is 2. The van der Waals surface area contributed by atoms with Gasteiger partial charge in [0, 0.05) is 0 Å². The van der Waals surface area contributed by atoms with Crippen LogP contribution in [0.1, 0.15) is 30.9 Å². The molecule has 3 nitrogen and oxygen atoms in total. The Balaban J connectivity index is 1.72. The Kier molecular flexibility index (Phi) is 6.14. The molecule has 0 aromatic heterocycles. The maximum absolute atomic E-state index is 13.1. The number of rotatable bonds is 6. The molecule has 0 saturated heterocycles. The molecule has 2 aromatic carbocycles. The van der Waals surface area contributed by atoms with Gasteiger partial charge in [-0.1, -0.05) is 48.0 Å². The first-order valence-corrected chi connectivity index (χ1v) is 9.86. The SMILES string of the molecule is CC1=CCC[C@@]1(COCc1ccccc1)C(=O)Oc1ccc(C)cc1I. The highest BCUT2D eigenvalue weighted by molar-refractivity contribution is 14.1. The van der Waals surface area contributed by atoms with Gasteiger partial charge in [0.15, 0.2) is 0 Å². The van der Waals surface area contributed by atoms with Gasteiger partial charge in [-0.3, -0.25) is 4.79 Å². The second-order valence-corrected chi connectivity index (χ2v) is 7.97. The minimum Gasteiger partial charge on any atom is -0.425 e. The molecule has 3 rings (SSSR count). The summed E-state index contributed by atoms with van der Waals surface area (Å²) in [7, 11) is 0. The van der Waals surface area contributed by atoms with E-state index in [9.17, 15) is 4.79 Å². The molecular formula is C22H23IO3. The smallest absolute Gasteiger partial charge is 0.324 e. The summed E-state index contributed by atoms with van der Waals surface area (Å²) in [6.07, 6.45) is 3.72. The lowest BCUT2D eigenvalue weighted by Crippen LogP contribution is -2.38. The van der Waals surface area contributed by atoms with Crippen LogP contribution in [0.25, 0.3) is 0 Å². The van der Waals surface area contributed by atoms with E-state index in [1.54, 1.807) is 0 Å². The highest BCUT2D eigenvalue weighted by Gasteiger charge is 2.44. The van der Waals surface area contributed by atoms with Gasteiger partial charge in [-0.2, -0.15) is 0 Å². The second-order valence-electron chi connectivity index (χ2n) is 6.81. The van der Waals surface area contributed by atoms with Gasteiger partial charge in [0.2, 0.25) is 0 Å². The fraction of sp³-hybridized carbons (Fsp3) is 0.318. The molecule has 0 heterocycles. The molecule has 0 unspecified atom stereocenters. The molecule has 1 aliphatic carbocycles. The summed E-state index contributed by atoms with van der Waals surface area (Å²) in [5.41, 5.74) is 2.59. The van der Waals surface area contributed by atoms with Crippen LogP contribution in [0, 0.1) is 15.9 Å². The Hall–Kier alpha value is -1.66. The Labute approximate surface area is 168 Å². The summed E-state index contributed by atoms with van der Waals surface area (Å²) >= 11 is 2.21. The van der Waals surface area contributed by atoms with E-state index in [1.165, 1.54) is 0 Å². The molecule has 0 bridgehead atoms. The van der Waals surface area contributed by atoms with E-state index >= 15 is 0 Å². The number of esters is 1. The lowest BCUT2D eigenvalue weighted by atomic mass is 9.82. The minimum absolute atomic E-state index is 0.224. The first-order chi connectivity index (χ1) is 12.5. The summed E-state index contributed by atoms with van der Waals surface area (Å²) in [6, 6.07) is 15.8. The van der Waals surface area contributed by atoms with E-state index in [0.29, 0.717) is 19.0 Å². The molecule has 1 aliphatic rings. The third-order valence-corrected chi connectivity index (χ3v) is 5.76. The van der Waals surface area contributed by atoms with Gasteiger partial charge in [0.25, 0.3) is 0 Å². The molecule has 2 aromatic rings. The van der Waals surface area contributed by atoms with Crippen molar-refractivity contribution in [2.75, 3.05) is 6.61 Å². The minimum atomic E-state index is -0.692. The molecule has 26 heavy (non-hydrogen) atoms. The fourth-order valence-electron chi connectivity index (χ4n) is 3.24. The normalized spacial score (nSPS) is 19.3. The largest absolute Gasteiger partial charge is 0.425 e. The van der Waals surface area contributed by atoms with Crippen molar-refractivity contribution < 1.29 is 14.3 Å². The van der Waals surface area contributed by atoms with Gasteiger partial charge < -0.3 is 9.47 Å². The molecular weight excluding hydrogens is 439 g/mol. The number of halogens is 1. The van der Waals surface area contributed by atoms with Crippen LogP contribution in [-0.4, -0.2) is 12.6 Å². The lowest BCUT2D eigenvalue weighted by Gasteiger charge is -2.28. The zero-order chi connectivity index (χ0) is 18.6. The van der Waals surface area contributed by atoms with E-state index in [1.807, 2.05) is 62.4 Å². The number of benzene rings is 2. The van der Waals surface area contributed by atoms with Gasteiger partial charge >= 0.3 is 5.97 Å². The van der Waals surface area contributed by atoms with Gasteiger partial charge in [-0.05, 0) is 72.5 Å². The average molecular weight is 462 g/mol. The summed E-state index contributed by atoms with van der Waals surface area (Å²) in [5.74, 6) is 0.391. The molecule has 0 fully saturated rings. The van der Waals surface area contributed by atoms with Crippen LogP contribution in [0.5, 0.6) is 5.75 Å². The summed E-state index contributed by atoms with van der Waals surface area (Å²) in [4.78, 5) is 13.1. The second kappa shape index (κ2) is 8.35. The fourth-order valence-corrected chi connectivity index (χ4v) is 4.02. The highest BCUT2D eigenvalue weighted by atomic mass is 127. The van der Waals surface area contributed by atoms with Crippen LogP contribution in [0.3, 0.4) is 0 Å². The van der Waals surface area contributed by atoms with Crippen molar-refractivity contribution in [3.63, 3.8) is 0 Å². The number of hydrogen-bond acceptors (Lipinski definition) is 3. The quantitative estimate of drug-likeness (QED) is 0.248. The Morgan fingerprint density at radius 2 is 1.92 bits per heavy atom. The van der Waals surface area contributed by atoms with E-state index in [4.69, 9.17) is 9.47 Å². The number of aryl methyl sites for hydroxylation is 1. The van der Waals surface area contributed by atoms with Crippen LogP contribution in [-0.2, 0) is 16.1 Å². The van der Waals surface area contributed by atoms with Gasteiger partial charge in [0.1, 0.15) is 11.2 Å². The van der Waals surface area contributed by atoms with E-state index in [0.717, 1.165) is 33.1 Å². The Bertz CT molecular complexity index is 813. The molecule has 136 valence electrons.